The van der Waals surface area contributed by atoms with Gasteiger partial charge in [0, 0.05) is 13.2 Å². The molecule has 0 aromatic rings. The Bertz CT molecular complexity index is 174. The van der Waals surface area contributed by atoms with E-state index in [4.69, 9.17) is 5.73 Å². The maximum Gasteiger partial charge on any atom is 0.110 e. The highest BCUT2D eigenvalue weighted by Crippen LogP contribution is 2.40. The van der Waals surface area contributed by atoms with Crippen LogP contribution in [0.3, 0.4) is 0 Å². The molecule has 0 aromatic heterocycles. The van der Waals surface area contributed by atoms with Crippen molar-refractivity contribution in [2.45, 2.75) is 18.5 Å². The molecule has 0 saturated heterocycles. The number of nitrogens with zero attached hydrogens (tertiary/aromatic N) is 1. The van der Waals surface area contributed by atoms with Gasteiger partial charge in [0.1, 0.15) is 5.66 Å². The Balaban J connectivity index is 2.17. The average Bonchev–Trinajstić information content (AvgIpc) is 2.65. The molecular formula is C7H13N3. The molecule has 0 aromatic carbocycles. The van der Waals surface area contributed by atoms with E-state index in [0.717, 1.165) is 0 Å². The van der Waals surface area contributed by atoms with Gasteiger partial charge in [-0.05, 0) is 24.8 Å². The first-order valence-electron chi connectivity index (χ1n) is 3.70. The van der Waals surface area contributed by atoms with Crippen molar-refractivity contribution in [1.29, 1.82) is 0 Å². The molecule has 1 fully saturated rings. The molecular weight excluding hydrogens is 126 g/mol. The van der Waals surface area contributed by atoms with E-state index < -0.39 is 0 Å². The van der Waals surface area contributed by atoms with Crippen LogP contribution in [0.5, 0.6) is 0 Å². The third-order valence-electron chi connectivity index (χ3n) is 2.43. The van der Waals surface area contributed by atoms with E-state index in [0.29, 0.717) is 5.92 Å². The molecule has 2 rings (SSSR count). The second kappa shape index (κ2) is 1.74. The summed E-state index contributed by atoms with van der Waals surface area (Å²) in [6.45, 7) is 0. The summed E-state index contributed by atoms with van der Waals surface area (Å²) in [5.41, 5.74) is 8.95. The summed E-state index contributed by atoms with van der Waals surface area (Å²) < 4.78 is 0. The number of hydrazine groups is 1. The van der Waals surface area contributed by atoms with Crippen LogP contribution < -0.4 is 11.2 Å². The standard InChI is InChI=1S/C7H13N3/c1-10-7(8,4-5-9-10)6-2-3-6/h4-6,9H,2-3,8H2,1H3. The maximum absolute atomic E-state index is 6.08. The van der Waals surface area contributed by atoms with Gasteiger partial charge < -0.3 is 11.2 Å². The summed E-state index contributed by atoms with van der Waals surface area (Å²) in [5, 5.41) is 1.98. The van der Waals surface area contributed by atoms with Crippen molar-refractivity contribution in [2.75, 3.05) is 7.05 Å². The molecule has 3 N–H and O–H groups in total. The molecule has 1 heterocycles. The van der Waals surface area contributed by atoms with Gasteiger partial charge >= 0.3 is 0 Å². The van der Waals surface area contributed by atoms with E-state index in [2.05, 4.69) is 5.43 Å². The molecule has 1 aliphatic heterocycles. The Morgan fingerprint density at radius 2 is 2.40 bits per heavy atom. The van der Waals surface area contributed by atoms with E-state index >= 15 is 0 Å². The Labute approximate surface area is 60.8 Å². The molecule has 2 aliphatic rings. The second-order valence-corrected chi connectivity index (χ2v) is 3.18. The lowest BCUT2D eigenvalue weighted by Crippen LogP contribution is -2.54. The van der Waals surface area contributed by atoms with Gasteiger partial charge in [-0.2, -0.15) is 0 Å². The van der Waals surface area contributed by atoms with Gasteiger partial charge in [0.15, 0.2) is 0 Å². The van der Waals surface area contributed by atoms with Crippen molar-refractivity contribution < 1.29 is 0 Å². The maximum atomic E-state index is 6.08. The lowest BCUT2D eigenvalue weighted by molar-refractivity contribution is 0.132. The smallest absolute Gasteiger partial charge is 0.110 e. The molecule has 56 valence electrons. The fourth-order valence-corrected chi connectivity index (χ4v) is 1.46. The first-order valence-corrected chi connectivity index (χ1v) is 3.70. The average molecular weight is 139 g/mol. The summed E-state index contributed by atoms with van der Waals surface area (Å²) >= 11 is 0. The van der Waals surface area contributed by atoms with Gasteiger partial charge in [-0.3, -0.25) is 0 Å². The Hall–Kier alpha value is -0.540. The van der Waals surface area contributed by atoms with Gasteiger partial charge in [0.2, 0.25) is 0 Å². The summed E-state index contributed by atoms with van der Waals surface area (Å²) in [6, 6.07) is 0. The highest BCUT2D eigenvalue weighted by molar-refractivity contribution is 5.13. The lowest BCUT2D eigenvalue weighted by Gasteiger charge is -2.30. The molecule has 1 aliphatic carbocycles. The molecule has 1 saturated carbocycles. The van der Waals surface area contributed by atoms with Gasteiger partial charge in [-0.25, -0.2) is 5.01 Å². The van der Waals surface area contributed by atoms with Crippen molar-refractivity contribution >= 4 is 0 Å². The number of nitrogens with one attached hydrogen (secondary N) is 1. The van der Waals surface area contributed by atoms with E-state index in [9.17, 15) is 0 Å². The summed E-state index contributed by atoms with van der Waals surface area (Å²) in [7, 11) is 1.98. The van der Waals surface area contributed by atoms with Crippen LogP contribution in [0.2, 0.25) is 0 Å². The summed E-state index contributed by atoms with van der Waals surface area (Å²) in [4.78, 5) is 0. The van der Waals surface area contributed by atoms with Crippen LogP contribution >= 0.6 is 0 Å². The number of hydrogen-bond donors (Lipinski definition) is 2. The molecule has 3 nitrogen and oxygen atoms in total. The van der Waals surface area contributed by atoms with Crippen molar-refractivity contribution in [3.63, 3.8) is 0 Å². The summed E-state index contributed by atoms with van der Waals surface area (Å²) in [5.74, 6) is 0.670. The molecule has 3 heteroatoms. The zero-order valence-electron chi connectivity index (χ0n) is 6.17. The number of rotatable bonds is 1. The molecule has 0 bridgehead atoms. The Morgan fingerprint density at radius 1 is 1.70 bits per heavy atom. The predicted octanol–water partition coefficient (Wildman–Crippen LogP) is 0.0151. The Kier molecular flexibility index (Phi) is 1.08. The van der Waals surface area contributed by atoms with Gasteiger partial charge in [0.25, 0.3) is 0 Å². The van der Waals surface area contributed by atoms with Crippen LogP contribution in [-0.2, 0) is 0 Å². The fraction of sp³-hybridized carbons (Fsp3) is 0.714. The lowest BCUT2D eigenvalue weighted by atomic mass is 10.1. The van der Waals surface area contributed by atoms with Crippen LogP contribution in [-0.4, -0.2) is 17.7 Å². The van der Waals surface area contributed by atoms with E-state index in [1.165, 1.54) is 12.8 Å². The van der Waals surface area contributed by atoms with Gasteiger partial charge in [-0.1, -0.05) is 0 Å². The van der Waals surface area contributed by atoms with E-state index in [1.54, 1.807) is 0 Å². The quantitative estimate of drug-likeness (QED) is 0.538. The van der Waals surface area contributed by atoms with Gasteiger partial charge in [-0.15, -0.1) is 0 Å². The first kappa shape index (κ1) is 6.19. The van der Waals surface area contributed by atoms with Crippen molar-refractivity contribution in [3.8, 4) is 0 Å². The monoisotopic (exact) mass is 139 g/mol. The summed E-state index contributed by atoms with van der Waals surface area (Å²) in [6.07, 6.45) is 6.50. The topological polar surface area (TPSA) is 41.3 Å². The zero-order chi connectivity index (χ0) is 7.19. The third-order valence-corrected chi connectivity index (χ3v) is 2.43. The third kappa shape index (κ3) is 0.676. The minimum Gasteiger partial charge on any atom is -0.325 e. The molecule has 1 atom stereocenters. The van der Waals surface area contributed by atoms with Crippen LogP contribution in [0, 0.1) is 5.92 Å². The molecule has 10 heavy (non-hydrogen) atoms. The van der Waals surface area contributed by atoms with Crippen LogP contribution in [0.1, 0.15) is 12.8 Å². The number of likely N-dealkylation sites (N-methyl/N-ethyl adjacent to an activating group) is 1. The van der Waals surface area contributed by atoms with Crippen molar-refractivity contribution in [2.24, 2.45) is 11.7 Å². The largest absolute Gasteiger partial charge is 0.325 e. The van der Waals surface area contributed by atoms with Crippen LogP contribution in [0.25, 0.3) is 0 Å². The minimum atomic E-state index is -0.194. The van der Waals surface area contributed by atoms with E-state index in [1.807, 2.05) is 24.3 Å². The highest BCUT2D eigenvalue weighted by atomic mass is 15.6. The molecule has 0 spiro atoms. The predicted molar refractivity (Wildman–Crippen MR) is 39.7 cm³/mol. The molecule has 1 unspecified atom stereocenters. The first-order chi connectivity index (χ1) is 4.73. The van der Waals surface area contributed by atoms with Crippen LogP contribution in [0.15, 0.2) is 12.3 Å². The minimum absolute atomic E-state index is 0.194. The van der Waals surface area contributed by atoms with Crippen molar-refractivity contribution in [3.05, 3.63) is 12.3 Å². The Morgan fingerprint density at radius 3 is 2.80 bits per heavy atom. The highest BCUT2D eigenvalue weighted by Gasteiger charge is 2.45. The molecule has 0 radical (unpaired) electrons. The van der Waals surface area contributed by atoms with Gasteiger partial charge in [0.05, 0.1) is 0 Å². The zero-order valence-corrected chi connectivity index (χ0v) is 6.17. The number of hydrogen-bond acceptors (Lipinski definition) is 3. The van der Waals surface area contributed by atoms with Crippen LogP contribution in [0.4, 0.5) is 0 Å². The number of nitrogens with two attached hydrogens (primary N) is 1. The fourth-order valence-electron chi connectivity index (χ4n) is 1.46. The van der Waals surface area contributed by atoms with Crippen molar-refractivity contribution in [1.82, 2.24) is 10.4 Å². The molecule has 0 amide bonds. The SMILES string of the molecule is CN1NC=CC1(N)C1CC1. The van der Waals surface area contributed by atoms with E-state index in [-0.39, 0.29) is 5.66 Å². The normalized spacial score (nSPS) is 40.2. The second-order valence-electron chi connectivity index (χ2n) is 3.18.